The van der Waals surface area contributed by atoms with E-state index >= 15 is 0 Å². The first-order chi connectivity index (χ1) is 9.38. The van der Waals surface area contributed by atoms with Crippen LogP contribution in [0, 0.1) is 15.2 Å². The number of nitrogens with one attached hydrogen (secondary N) is 1. The van der Waals surface area contributed by atoms with E-state index in [0.717, 1.165) is 15.7 Å². The smallest absolute Gasteiger partial charge is 0.257 e. The molecule has 0 atom stereocenters. The Morgan fingerprint density at radius 3 is 2.50 bits per heavy atom. The SMILES string of the molecule is Nc1cc(F)c(F)cc1C(=O)Nc1ccc(I)cc1Cl. The fraction of sp³-hybridized carbons (Fsp3) is 0. The van der Waals surface area contributed by atoms with E-state index in [9.17, 15) is 13.6 Å². The molecule has 0 unspecified atom stereocenters. The molecule has 0 aliphatic rings. The lowest BCUT2D eigenvalue weighted by Gasteiger charge is -2.09. The predicted molar refractivity (Wildman–Crippen MR) is 82.9 cm³/mol. The van der Waals surface area contributed by atoms with Crippen LogP contribution in [-0.2, 0) is 0 Å². The Hall–Kier alpha value is -1.41. The summed E-state index contributed by atoms with van der Waals surface area (Å²) in [6.07, 6.45) is 0. The van der Waals surface area contributed by atoms with Crippen molar-refractivity contribution >= 4 is 51.5 Å². The molecule has 2 aromatic carbocycles. The van der Waals surface area contributed by atoms with Crippen LogP contribution in [0.1, 0.15) is 10.4 Å². The third-order valence-corrected chi connectivity index (χ3v) is 3.50. The molecule has 0 radical (unpaired) electrons. The van der Waals surface area contributed by atoms with Gasteiger partial charge in [0, 0.05) is 15.3 Å². The maximum Gasteiger partial charge on any atom is 0.257 e. The second kappa shape index (κ2) is 5.92. The van der Waals surface area contributed by atoms with Gasteiger partial charge in [-0.15, -0.1) is 0 Å². The van der Waals surface area contributed by atoms with Crippen molar-refractivity contribution in [3.8, 4) is 0 Å². The number of hydrogen-bond donors (Lipinski definition) is 2. The van der Waals surface area contributed by atoms with Gasteiger partial charge in [0.05, 0.1) is 16.3 Å². The minimum atomic E-state index is -1.14. The van der Waals surface area contributed by atoms with Crippen LogP contribution >= 0.6 is 34.2 Å². The highest BCUT2D eigenvalue weighted by Gasteiger charge is 2.15. The molecule has 0 fully saturated rings. The quantitative estimate of drug-likeness (QED) is 0.582. The molecule has 2 aromatic rings. The maximum absolute atomic E-state index is 13.2. The van der Waals surface area contributed by atoms with E-state index in [2.05, 4.69) is 27.9 Å². The molecular weight excluding hydrogens is 401 g/mol. The van der Waals surface area contributed by atoms with E-state index in [0.29, 0.717) is 10.7 Å². The van der Waals surface area contributed by atoms with Crippen molar-refractivity contribution in [2.24, 2.45) is 0 Å². The van der Waals surface area contributed by atoms with Crippen LogP contribution in [0.5, 0.6) is 0 Å². The fourth-order valence-electron chi connectivity index (χ4n) is 1.54. The molecule has 0 aromatic heterocycles. The van der Waals surface area contributed by atoms with Crippen LogP contribution in [0.25, 0.3) is 0 Å². The van der Waals surface area contributed by atoms with Crippen molar-refractivity contribution in [3.63, 3.8) is 0 Å². The van der Waals surface area contributed by atoms with E-state index in [4.69, 9.17) is 17.3 Å². The normalized spacial score (nSPS) is 10.4. The maximum atomic E-state index is 13.2. The number of benzene rings is 2. The van der Waals surface area contributed by atoms with Gasteiger partial charge in [-0.2, -0.15) is 0 Å². The Labute approximate surface area is 132 Å². The van der Waals surface area contributed by atoms with Crippen molar-refractivity contribution in [1.29, 1.82) is 0 Å². The van der Waals surface area contributed by atoms with Crippen LogP contribution in [0.3, 0.4) is 0 Å². The minimum absolute atomic E-state index is 0.150. The van der Waals surface area contributed by atoms with Crippen molar-refractivity contribution in [2.45, 2.75) is 0 Å². The summed E-state index contributed by atoms with van der Waals surface area (Å²) >= 11 is 8.04. The molecule has 20 heavy (non-hydrogen) atoms. The summed E-state index contributed by atoms with van der Waals surface area (Å²) in [6.45, 7) is 0. The Balaban J connectivity index is 2.31. The Kier molecular flexibility index (Phi) is 4.44. The summed E-state index contributed by atoms with van der Waals surface area (Å²) in [5, 5.41) is 2.84. The lowest BCUT2D eigenvalue weighted by Crippen LogP contribution is -2.15. The topological polar surface area (TPSA) is 55.1 Å². The van der Waals surface area contributed by atoms with Crippen molar-refractivity contribution in [1.82, 2.24) is 0 Å². The fourth-order valence-corrected chi connectivity index (χ4v) is 2.44. The third kappa shape index (κ3) is 3.18. The van der Waals surface area contributed by atoms with Gasteiger partial charge in [-0.1, -0.05) is 11.6 Å². The number of rotatable bonds is 2. The Morgan fingerprint density at radius 2 is 1.85 bits per heavy atom. The number of carbonyl (C=O) groups is 1. The second-order valence-electron chi connectivity index (χ2n) is 3.93. The summed E-state index contributed by atoms with van der Waals surface area (Å²) in [4.78, 5) is 12.0. The molecule has 0 aliphatic heterocycles. The monoisotopic (exact) mass is 408 g/mol. The van der Waals surface area contributed by atoms with Gasteiger partial charge in [0.2, 0.25) is 0 Å². The highest BCUT2D eigenvalue weighted by molar-refractivity contribution is 14.1. The molecule has 0 aliphatic carbocycles. The molecule has 104 valence electrons. The zero-order chi connectivity index (χ0) is 14.9. The Bertz CT molecular complexity index is 694. The number of halogens is 4. The first kappa shape index (κ1) is 15.0. The van der Waals surface area contributed by atoms with Gasteiger partial charge in [-0.3, -0.25) is 4.79 Å². The molecule has 3 nitrogen and oxygen atoms in total. The minimum Gasteiger partial charge on any atom is -0.398 e. The molecular formula is C13H8ClF2IN2O. The number of nitrogens with two attached hydrogens (primary N) is 1. The molecule has 2 rings (SSSR count). The molecule has 0 saturated heterocycles. The van der Waals surface area contributed by atoms with Gasteiger partial charge in [0.1, 0.15) is 0 Å². The number of hydrogen-bond acceptors (Lipinski definition) is 2. The summed E-state index contributed by atoms with van der Waals surface area (Å²) in [7, 11) is 0. The first-order valence-electron chi connectivity index (χ1n) is 5.39. The summed E-state index contributed by atoms with van der Waals surface area (Å²) in [6, 6.07) is 6.53. The van der Waals surface area contributed by atoms with Crippen molar-refractivity contribution in [2.75, 3.05) is 11.1 Å². The van der Waals surface area contributed by atoms with E-state index < -0.39 is 17.5 Å². The molecule has 7 heteroatoms. The average molecular weight is 409 g/mol. The molecule has 0 saturated carbocycles. The molecule has 0 bridgehead atoms. The van der Waals surface area contributed by atoms with Gasteiger partial charge >= 0.3 is 0 Å². The lowest BCUT2D eigenvalue weighted by molar-refractivity contribution is 0.102. The van der Waals surface area contributed by atoms with Crippen molar-refractivity contribution in [3.05, 3.63) is 56.1 Å². The number of anilines is 2. The molecule has 3 N–H and O–H groups in total. The van der Waals surface area contributed by atoms with E-state index in [1.165, 1.54) is 0 Å². The summed E-state index contributed by atoms with van der Waals surface area (Å²) in [5.41, 5.74) is 5.56. The largest absolute Gasteiger partial charge is 0.398 e. The third-order valence-electron chi connectivity index (χ3n) is 2.52. The molecule has 0 heterocycles. The number of amides is 1. The highest BCUT2D eigenvalue weighted by atomic mass is 127. The van der Waals surface area contributed by atoms with Crippen LogP contribution in [0.15, 0.2) is 30.3 Å². The van der Waals surface area contributed by atoms with Crippen molar-refractivity contribution < 1.29 is 13.6 Å². The molecule has 0 spiro atoms. The van der Waals surface area contributed by atoms with E-state index in [-0.39, 0.29) is 11.3 Å². The zero-order valence-electron chi connectivity index (χ0n) is 9.88. The van der Waals surface area contributed by atoms with Gasteiger partial charge in [-0.25, -0.2) is 8.78 Å². The van der Waals surface area contributed by atoms with Crippen LogP contribution in [0.4, 0.5) is 20.2 Å². The van der Waals surface area contributed by atoms with E-state index in [1.807, 2.05) is 0 Å². The predicted octanol–water partition coefficient (Wildman–Crippen LogP) is 4.06. The van der Waals surface area contributed by atoms with Crippen LogP contribution < -0.4 is 11.1 Å². The average Bonchev–Trinajstić information content (AvgIpc) is 2.37. The standard InChI is InChI=1S/C13H8ClF2IN2O/c14-8-3-6(17)1-2-12(8)19-13(20)7-4-9(15)10(16)5-11(7)18/h1-5H,18H2,(H,19,20). The lowest BCUT2D eigenvalue weighted by atomic mass is 10.1. The van der Waals surface area contributed by atoms with Crippen LogP contribution in [-0.4, -0.2) is 5.91 Å². The first-order valence-corrected chi connectivity index (χ1v) is 6.85. The van der Waals surface area contributed by atoms with E-state index in [1.54, 1.807) is 18.2 Å². The van der Waals surface area contributed by atoms with Gasteiger partial charge in [0.25, 0.3) is 5.91 Å². The Morgan fingerprint density at radius 1 is 1.20 bits per heavy atom. The summed E-state index contributed by atoms with van der Waals surface area (Å²) in [5.74, 6) is -2.91. The highest BCUT2D eigenvalue weighted by Crippen LogP contribution is 2.25. The van der Waals surface area contributed by atoms with Gasteiger partial charge < -0.3 is 11.1 Å². The number of nitrogen functional groups attached to an aromatic ring is 1. The van der Waals surface area contributed by atoms with Crippen LogP contribution in [0.2, 0.25) is 5.02 Å². The summed E-state index contributed by atoms with van der Waals surface area (Å²) < 4.78 is 27.0. The van der Waals surface area contributed by atoms with Gasteiger partial charge in [-0.05, 0) is 46.9 Å². The van der Waals surface area contributed by atoms with Gasteiger partial charge in [0.15, 0.2) is 11.6 Å². The zero-order valence-corrected chi connectivity index (χ0v) is 12.8. The molecule has 1 amide bonds. The second-order valence-corrected chi connectivity index (χ2v) is 5.58. The number of carbonyl (C=O) groups excluding carboxylic acids is 1.